The third-order valence-corrected chi connectivity index (χ3v) is 3.88. The van der Waals surface area contributed by atoms with Crippen molar-refractivity contribution in [1.29, 1.82) is 5.26 Å². The van der Waals surface area contributed by atoms with E-state index in [1.54, 1.807) is 44.3 Å². The number of alkyl halides is 2. The number of likely N-dealkylation sites (N-methyl/N-ethyl adjacent to an activating group) is 1. The quantitative estimate of drug-likeness (QED) is 0.689. The minimum Gasteiger partial charge on any atom is -0.493 e. The first kappa shape index (κ1) is 21.0. The van der Waals surface area contributed by atoms with Crippen molar-refractivity contribution in [1.82, 2.24) is 4.90 Å². The fourth-order valence-electron chi connectivity index (χ4n) is 2.53. The summed E-state index contributed by atoms with van der Waals surface area (Å²) in [6, 6.07) is 13.0. The number of carbonyl (C=O) groups excluding carboxylic acids is 1. The summed E-state index contributed by atoms with van der Waals surface area (Å²) in [5, 5.41) is 8.80. The van der Waals surface area contributed by atoms with Gasteiger partial charge < -0.3 is 19.1 Å². The van der Waals surface area contributed by atoms with Gasteiger partial charge in [-0.25, -0.2) is 0 Å². The summed E-state index contributed by atoms with van der Waals surface area (Å²) in [6.45, 7) is -1.20. The van der Waals surface area contributed by atoms with Gasteiger partial charge in [-0.1, -0.05) is 6.07 Å². The predicted octanol–water partition coefficient (Wildman–Crippen LogP) is 3.59. The van der Waals surface area contributed by atoms with Gasteiger partial charge in [0.25, 0.3) is 5.91 Å². The second-order valence-corrected chi connectivity index (χ2v) is 5.95. The van der Waals surface area contributed by atoms with E-state index in [-0.39, 0.29) is 24.0 Å². The van der Waals surface area contributed by atoms with E-state index in [9.17, 15) is 13.6 Å². The summed E-state index contributed by atoms with van der Waals surface area (Å²) in [6.07, 6.45) is -0.770. The average Bonchev–Trinajstić information content (AvgIpc) is 2.67. The van der Waals surface area contributed by atoms with Gasteiger partial charge in [0.2, 0.25) is 0 Å². The lowest BCUT2D eigenvalue weighted by atomic mass is 10.2. The Morgan fingerprint density at radius 2 is 1.82 bits per heavy atom. The summed E-state index contributed by atoms with van der Waals surface area (Å²) in [5.41, 5.74) is 1.09. The summed E-state index contributed by atoms with van der Waals surface area (Å²) >= 11 is 0. The van der Waals surface area contributed by atoms with Crippen molar-refractivity contribution in [2.75, 3.05) is 14.2 Å². The van der Waals surface area contributed by atoms with Crippen molar-refractivity contribution in [2.24, 2.45) is 0 Å². The van der Waals surface area contributed by atoms with Gasteiger partial charge in [-0.15, -0.1) is 0 Å². The van der Waals surface area contributed by atoms with Crippen LogP contribution < -0.4 is 14.2 Å². The lowest BCUT2D eigenvalue weighted by Crippen LogP contribution is -2.37. The second kappa shape index (κ2) is 9.55. The predicted molar refractivity (Wildman–Crippen MR) is 97.3 cm³/mol. The van der Waals surface area contributed by atoms with Crippen LogP contribution in [0, 0.1) is 11.3 Å². The first-order valence-corrected chi connectivity index (χ1v) is 8.37. The van der Waals surface area contributed by atoms with Crippen molar-refractivity contribution in [2.45, 2.75) is 26.2 Å². The van der Waals surface area contributed by atoms with E-state index in [4.69, 9.17) is 14.7 Å². The smallest absolute Gasteiger partial charge is 0.387 e. The number of nitriles is 1. The maximum Gasteiger partial charge on any atom is 0.387 e. The number of hydrogen-bond donors (Lipinski definition) is 0. The number of hydrogen-bond acceptors (Lipinski definition) is 5. The van der Waals surface area contributed by atoms with Gasteiger partial charge in [-0.05, 0) is 48.9 Å². The second-order valence-electron chi connectivity index (χ2n) is 5.95. The number of benzene rings is 2. The fourth-order valence-corrected chi connectivity index (χ4v) is 2.53. The Kier molecular flexibility index (Phi) is 7.15. The lowest BCUT2D eigenvalue weighted by molar-refractivity contribution is -0.137. The van der Waals surface area contributed by atoms with Crippen molar-refractivity contribution in [3.63, 3.8) is 0 Å². The molecule has 2 aromatic carbocycles. The van der Waals surface area contributed by atoms with Crippen molar-refractivity contribution in [3.05, 3.63) is 53.6 Å². The molecule has 1 amide bonds. The standard InChI is InChI=1S/C20H20F2N2O4/c1-13(27-16-7-4-14(11-23)5-8-16)19(25)24(2)12-15-6-9-17(26-3)18(10-15)28-20(21)22/h4-10,13,20H,12H2,1-3H3. The number of methoxy groups -OCH3 is 1. The maximum atomic E-state index is 12.5. The molecule has 0 aliphatic rings. The number of nitrogens with zero attached hydrogens (tertiary/aromatic N) is 2. The minimum absolute atomic E-state index is 0.0993. The third-order valence-electron chi connectivity index (χ3n) is 3.88. The molecule has 0 heterocycles. The highest BCUT2D eigenvalue weighted by molar-refractivity contribution is 5.80. The lowest BCUT2D eigenvalue weighted by Gasteiger charge is -2.22. The Morgan fingerprint density at radius 1 is 1.14 bits per heavy atom. The zero-order chi connectivity index (χ0) is 20.7. The molecule has 0 fully saturated rings. The van der Waals surface area contributed by atoms with Crippen LogP contribution in [0.1, 0.15) is 18.1 Å². The van der Waals surface area contributed by atoms with Gasteiger partial charge >= 0.3 is 6.61 Å². The Bertz CT molecular complexity index is 850. The zero-order valence-corrected chi connectivity index (χ0v) is 15.7. The molecule has 0 bridgehead atoms. The van der Waals surface area contributed by atoms with Crippen LogP contribution in [0.4, 0.5) is 8.78 Å². The highest BCUT2D eigenvalue weighted by atomic mass is 19.3. The van der Waals surface area contributed by atoms with E-state index in [0.29, 0.717) is 16.9 Å². The van der Waals surface area contributed by atoms with E-state index < -0.39 is 12.7 Å². The van der Waals surface area contributed by atoms with Crippen LogP contribution in [0.2, 0.25) is 0 Å². The number of ether oxygens (including phenoxy) is 3. The molecule has 0 aliphatic heterocycles. The molecule has 28 heavy (non-hydrogen) atoms. The van der Waals surface area contributed by atoms with Crippen LogP contribution in [0.25, 0.3) is 0 Å². The number of carbonyl (C=O) groups is 1. The third kappa shape index (κ3) is 5.58. The van der Waals surface area contributed by atoms with Crippen LogP contribution in [-0.4, -0.2) is 37.7 Å². The van der Waals surface area contributed by atoms with Crippen LogP contribution in [0.5, 0.6) is 17.2 Å². The highest BCUT2D eigenvalue weighted by Gasteiger charge is 2.20. The fraction of sp³-hybridized carbons (Fsp3) is 0.300. The molecule has 0 aliphatic carbocycles. The summed E-state index contributed by atoms with van der Waals surface area (Å²) < 4.78 is 40.1. The number of amides is 1. The monoisotopic (exact) mass is 390 g/mol. The zero-order valence-electron chi connectivity index (χ0n) is 15.7. The van der Waals surface area contributed by atoms with Crippen LogP contribution in [0.3, 0.4) is 0 Å². The average molecular weight is 390 g/mol. The van der Waals surface area contributed by atoms with E-state index in [1.165, 1.54) is 24.1 Å². The molecular formula is C20H20F2N2O4. The largest absolute Gasteiger partial charge is 0.493 e. The number of rotatable bonds is 8. The van der Waals surface area contributed by atoms with Crippen LogP contribution >= 0.6 is 0 Å². The topological polar surface area (TPSA) is 71.8 Å². The molecule has 2 rings (SSSR count). The van der Waals surface area contributed by atoms with Gasteiger partial charge in [-0.2, -0.15) is 14.0 Å². The van der Waals surface area contributed by atoms with Gasteiger partial charge in [0.1, 0.15) is 5.75 Å². The SMILES string of the molecule is COc1ccc(CN(C)C(=O)C(C)Oc2ccc(C#N)cc2)cc1OC(F)F. The van der Waals surface area contributed by atoms with Crippen molar-refractivity contribution in [3.8, 4) is 23.3 Å². The molecule has 8 heteroatoms. The van der Waals surface area contributed by atoms with Crippen LogP contribution in [-0.2, 0) is 11.3 Å². The van der Waals surface area contributed by atoms with E-state index in [1.807, 2.05) is 6.07 Å². The number of halogens is 2. The molecule has 6 nitrogen and oxygen atoms in total. The summed E-state index contributed by atoms with van der Waals surface area (Å²) in [7, 11) is 2.93. The molecule has 1 unspecified atom stereocenters. The van der Waals surface area contributed by atoms with Gasteiger partial charge in [0.15, 0.2) is 17.6 Å². The Hall–Kier alpha value is -3.34. The molecule has 0 saturated heterocycles. The molecule has 148 valence electrons. The Labute approximate surface area is 161 Å². The molecule has 0 saturated carbocycles. The molecule has 0 spiro atoms. The molecule has 2 aromatic rings. The summed E-state index contributed by atoms with van der Waals surface area (Å²) in [4.78, 5) is 14.0. The molecule has 0 aromatic heterocycles. The first-order valence-electron chi connectivity index (χ1n) is 8.37. The normalized spacial score (nSPS) is 11.5. The van der Waals surface area contributed by atoms with E-state index in [2.05, 4.69) is 4.74 Å². The van der Waals surface area contributed by atoms with Gasteiger partial charge in [0.05, 0.1) is 18.7 Å². The minimum atomic E-state index is -2.98. The Balaban J connectivity index is 2.03. The van der Waals surface area contributed by atoms with Crippen molar-refractivity contribution < 1.29 is 27.8 Å². The van der Waals surface area contributed by atoms with E-state index in [0.717, 1.165) is 0 Å². The Morgan fingerprint density at radius 3 is 2.39 bits per heavy atom. The van der Waals surface area contributed by atoms with Gasteiger partial charge in [-0.3, -0.25) is 4.79 Å². The molecular weight excluding hydrogens is 370 g/mol. The first-order chi connectivity index (χ1) is 13.3. The van der Waals surface area contributed by atoms with E-state index >= 15 is 0 Å². The molecule has 0 radical (unpaired) electrons. The molecule has 1 atom stereocenters. The summed E-state index contributed by atoms with van der Waals surface area (Å²) in [5.74, 6) is 0.245. The maximum absolute atomic E-state index is 12.5. The highest BCUT2D eigenvalue weighted by Crippen LogP contribution is 2.30. The van der Waals surface area contributed by atoms with Crippen molar-refractivity contribution >= 4 is 5.91 Å². The van der Waals surface area contributed by atoms with Crippen LogP contribution in [0.15, 0.2) is 42.5 Å². The van der Waals surface area contributed by atoms with Gasteiger partial charge in [0, 0.05) is 13.6 Å². The molecule has 0 N–H and O–H groups in total.